The number of carbonyl (C=O) groups excluding carboxylic acids is 1. The molecule has 21 heavy (non-hydrogen) atoms. The summed E-state index contributed by atoms with van der Waals surface area (Å²) >= 11 is 5.60. The summed E-state index contributed by atoms with van der Waals surface area (Å²) in [7, 11) is 0. The van der Waals surface area contributed by atoms with Gasteiger partial charge in [-0.15, -0.1) is 10.2 Å². The Bertz CT molecular complexity index is 659. The first-order valence-electron chi connectivity index (χ1n) is 6.12. The Kier molecular flexibility index (Phi) is 4.84. The summed E-state index contributed by atoms with van der Waals surface area (Å²) in [5, 5.41) is 19.0. The topological polar surface area (TPSA) is 92.2 Å². The Hall–Kier alpha value is -2.47. The third-order valence-corrected chi connectivity index (χ3v) is 2.97. The maximum atomic E-state index is 11.9. The van der Waals surface area contributed by atoms with Gasteiger partial charge in [0.25, 0.3) is 5.91 Å². The number of carboxylic acid groups (broad SMARTS) is 1. The normalized spacial score (nSPS) is 10.1. The minimum Gasteiger partial charge on any atom is -0.481 e. The summed E-state index contributed by atoms with van der Waals surface area (Å²) in [6.07, 6.45) is -0.0905. The molecule has 2 aromatic rings. The van der Waals surface area contributed by atoms with Gasteiger partial charge in [-0.1, -0.05) is 35.9 Å². The molecule has 0 saturated carbocycles. The van der Waals surface area contributed by atoms with E-state index < -0.39 is 11.9 Å². The van der Waals surface area contributed by atoms with Crippen molar-refractivity contribution in [3.8, 4) is 0 Å². The van der Waals surface area contributed by atoms with Crippen LogP contribution in [0.15, 0.2) is 36.4 Å². The molecule has 0 radical (unpaired) electrons. The molecule has 7 heteroatoms. The average Bonchev–Trinajstić information content (AvgIpc) is 2.46. The second kappa shape index (κ2) is 6.81. The van der Waals surface area contributed by atoms with Crippen LogP contribution in [0.1, 0.15) is 21.6 Å². The van der Waals surface area contributed by atoms with E-state index in [2.05, 4.69) is 15.5 Å². The first-order valence-corrected chi connectivity index (χ1v) is 6.50. The van der Waals surface area contributed by atoms with E-state index in [1.165, 1.54) is 12.1 Å². The van der Waals surface area contributed by atoms with E-state index in [4.69, 9.17) is 16.7 Å². The van der Waals surface area contributed by atoms with Crippen LogP contribution in [0.4, 0.5) is 0 Å². The standard InChI is InChI=1S/C14H12ClN3O3/c15-12-6-5-11(17-18-12)14(21)16-8-10-4-2-1-3-9(10)7-13(19)20/h1-6H,7-8H2,(H,16,21)(H,19,20). The van der Waals surface area contributed by atoms with Gasteiger partial charge in [0.05, 0.1) is 6.42 Å². The van der Waals surface area contributed by atoms with Crippen molar-refractivity contribution >= 4 is 23.5 Å². The molecule has 1 aromatic carbocycles. The zero-order chi connectivity index (χ0) is 15.2. The van der Waals surface area contributed by atoms with Crippen LogP contribution in [0.5, 0.6) is 0 Å². The number of nitrogens with zero attached hydrogens (tertiary/aromatic N) is 2. The number of aromatic nitrogens is 2. The number of amides is 1. The van der Waals surface area contributed by atoms with Crippen LogP contribution in [0, 0.1) is 0 Å². The van der Waals surface area contributed by atoms with Crippen LogP contribution in [0.3, 0.4) is 0 Å². The van der Waals surface area contributed by atoms with Crippen molar-refractivity contribution < 1.29 is 14.7 Å². The quantitative estimate of drug-likeness (QED) is 0.877. The van der Waals surface area contributed by atoms with Gasteiger partial charge in [0, 0.05) is 6.54 Å². The van der Waals surface area contributed by atoms with Crippen molar-refractivity contribution in [2.24, 2.45) is 0 Å². The third kappa shape index (κ3) is 4.25. The minimum atomic E-state index is -0.919. The number of nitrogens with one attached hydrogen (secondary N) is 1. The zero-order valence-electron chi connectivity index (χ0n) is 10.9. The van der Waals surface area contributed by atoms with Crippen molar-refractivity contribution in [2.45, 2.75) is 13.0 Å². The highest BCUT2D eigenvalue weighted by molar-refractivity contribution is 6.29. The predicted molar refractivity (Wildman–Crippen MR) is 76.0 cm³/mol. The summed E-state index contributed by atoms with van der Waals surface area (Å²) < 4.78 is 0. The smallest absolute Gasteiger partial charge is 0.307 e. The van der Waals surface area contributed by atoms with E-state index in [-0.39, 0.29) is 23.8 Å². The molecule has 1 heterocycles. The lowest BCUT2D eigenvalue weighted by Crippen LogP contribution is -2.24. The number of carbonyl (C=O) groups is 2. The largest absolute Gasteiger partial charge is 0.481 e. The molecule has 2 rings (SSSR count). The van der Waals surface area contributed by atoms with E-state index in [0.717, 1.165) is 5.56 Å². The number of carboxylic acids is 1. The van der Waals surface area contributed by atoms with Crippen LogP contribution in [0.25, 0.3) is 0 Å². The van der Waals surface area contributed by atoms with Gasteiger partial charge in [-0.05, 0) is 23.3 Å². The molecule has 6 nitrogen and oxygen atoms in total. The zero-order valence-corrected chi connectivity index (χ0v) is 11.7. The summed E-state index contributed by atoms with van der Waals surface area (Å²) in [4.78, 5) is 22.7. The highest BCUT2D eigenvalue weighted by Crippen LogP contribution is 2.10. The second-order valence-electron chi connectivity index (χ2n) is 4.26. The highest BCUT2D eigenvalue weighted by Gasteiger charge is 2.10. The van der Waals surface area contributed by atoms with Crippen molar-refractivity contribution in [1.29, 1.82) is 0 Å². The van der Waals surface area contributed by atoms with Gasteiger partial charge in [-0.3, -0.25) is 9.59 Å². The lowest BCUT2D eigenvalue weighted by Gasteiger charge is -2.09. The summed E-state index contributed by atoms with van der Waals surface area (Å²) in [5.41, 5.74) is 1.55. The maximum Gasteiger partial charge on any atom is 0.307 e. The fourth-order valence-corrected chi connectivity index (χ4v) is 1.87. The van der Waals surface area contributed by atoms with E-state index >= 15 is 0 Å². The third-order valence-electron chi connectivity index (χ3n) is 2.76. The molecule has 2 N–H and O–H groups in total. The van der Waals surface area contributed by atoms with Gasteiger partial charge < -0.3 is 10.4 Å². The van der Waals surface area contributed by atoms with Crippen LogP contribution in [-0.4, -0.2) is 27.2 Å². The number of hydrogen-bond donors (Lipinski definition) is 2. The Labute approximate surface area is 125 Å². The van der Waals surface area contributed by atoms with Crippen molar-refractivity contribution in [1.82, 2.24) is 15.5 Å². The molecule has 0 bridgehead atoms. The Morgan fingerprint density at radius 2 is 1.81 bits per heavy atom. The summed E-state index contributed by atoms with van der Waals surface area (Å²) in [6, 6.07) is 9.97. The average molecular weight is 306 g/mol. The molecule has 0 spiro atoms. The van der Waals surface area contributed by atoms with Gasteiger partial charge in [0.1, 0.15) is 0 Å². The van der Waals surface area contributed by atoms with Gasteiger partial charge in [0.2, 0.25) is 0 Å². The maximum absolute atomic E-state index is 11.9. The highest BCUT2D eigenvalue weighted by atomic mass is 35.5. The van der Waals surface area contributed by atoms with E-state index in [0.29, 0.717) is 5.56 Å². The molecular formula is C14H12ClN3O3. The molecule has 1 aromatic heterocycles. The summed E-state index contributed by atoms with van der Waals surface area (Å²) in [6.45, 7) is 0.215. The Morgan fingerprint density at radius 1 is 1.10 bits per heavy atom. The number of rotatable bonds is 5. The molecule has 1 amide bonds. The van der Waals surface area contributed by atoms with Crippen molar-refractivity contribution in [3.05, 3.63) is 58.4 Å². The van der Waals surface area contributed by atoms with Crippen LogP contribution in [-0.2, 0) is 17.8 Å². The molecular weight excluding hydrogens is 294 g/mol. The van der Waals surface area contributed by atoms with Crippen LogP contribution < -0.4 is 5.32 Å². The molecule has 0 aliphatic heterocycles. The first kappa shape index (κ1) is 14.9. The Morgan fingerprint density at radius 3 is 2.43 bits per heavy atom. The lowest BCUT2D eigenvalue weighted by atomic mass is 10.0. The fraction of sp³-hybridized carbons (Fsp3) is 0.143. The molecule has 0 fully saturated rings. The number of halogens is 1. The summed E-state index contributed by atoms with van der Waals surface area (Å²) in [5.74, 6) is -1.32. The predicted octanol–water partition coefficient (Wildman–Crippen LogP) is 1.69. The van der Waals surface area contributed by atoms with Crippen molar-refractivity contribution in [2.75, 3.05) is 0 Å². The molecule has 108 valence electrons. The van der Waals surface area contributed by atoms with Crippen LogP contribution >= 0.6 is 11.6 Å². The van der Waals surface area contributed by atoms with E-state index in [1.54, 1.807) is 24.3 Å². The Balaban J connectivity index is 2.04. The van der Waals surface area contributed by atoms with E-state index in [1.807, 2.05) is 0 Å². The lowest BCUT2D eigenvalue weighted by molar-refractivity contribution is -0.136. The number of hydrogen-bond acceptors (Lipinski definition) is 4. The van der Waals surface area contributed by atoms with Gasteiger partial charge in [-0.25, -0.2) is 0 Å². The van der Waals surface area contributed by atoms with Gasteiger partial charge >= 0.3 is 5.97 Å². The van der Waals surface area contributed by atoms with E-state index in [9.17, 15) is 9.59 Å². The fourth-order valence-electron chi connectivity index (χ4n) is 1.77. The van der Waals surface area contributed by atoms with Crippen molar-refractivity contribution in [3.63, 3.8) is 0 Å². The molecule has 0 saturated heterocycles. The monoisotopic (exact) mass is 305 g/mol. The molecule has 0 atom stereocenters. The SMILES string of the molecule is O=C(O)Cc1ccccc1CNC(=O)c1ccc(Cl)nn1. The molecule has 0 aliphatic rings. The van der Waals surface area contributed by atoms with Gasteiger partial charge in [0.15, 0.2) is 10.8 Å². The molecule has 0 aliphatic carbocycles. The molecule has 0 unspecified atom stereocenters. The number of benzene rings is 1. The van der Waals surface area contributed by atoms with Gasteiger partial charge in [-0.2, -0.15) is 0 Å². The first-order chi connectivity index (χ1) is 10.1. The second-order valence-corrected chi connectivity index (χ2v) is 4.65. The van der Waals surface area contributed by atoms with Crippen LogP contribution in [0.2, 0.25) is 5.15 Å². The minimum absolute atomic E-state index is 0.0905. The number of aliphatic carboxylic acids is 1.